The lowest BCUT2D eigenvalue weighted by Crippen LogP contribution is -2.34. The molecular weight excluding hydrogens is 309 g/mol. The molecule has 0 aromatic heterocycles. The highest BCUT2D eigenvalue weighted by atomic mass is 35.5. The van der Waals surface area contributed by atoms with E-state index in [2.05, 4.69) is 10.0 Å². The minimum absolute atomic E-state index is 0.0627. The molecule has 21 heavy (non-hydrogen) atoms. The van der Waals surface area contributed by atoms with Gasteiger partial charge in [-0.15, -0.1) is 0 Å². The summed E-state index contributed by atoms with van der Waals surface area (Å²) in [6, 6.07) is 3.61. The van der Waals surface area contributed by atoms with Crippen LogP contribution in [0.3, 0.4) is 0 Å². The molecule has 0 amide bonds. The third kappa shape index (κ3) is 3.06. The lowest BCUT2D eigenvalue weighted by Gasteiger charge is -2.25. The molecule has 3 rings (SSSR count). The summed E-state index contributed by atoms with van der Waals surface area (Å²) >= 11 is 12.5. The Kier molecular flexibility index (Phi) is 4.18. The van der Waals surface area contributed by atoms with Crippen LogP contribution in [0.2, 0.25) is 10.0 Å². The summed E-state index contributed by atoms with van der Waals surface area (Å²) in [6.07, 6.45) is 3.53. The Bertz CT molecular complexity index is 574. The van der Waals surface area contributed by atoms with Crippen LogP contribution in [-0.2, 0) is 0 Å². The molecule has 1 aromatic rings. The van der Waals surface area contributed by atoms with Gasteiger partial charge in [0, 0.05) is 19.0 Å². The molecule has 1 fully saturated rings. The molecule has 0 unspecified atom stereocenters. The molecule has 0 atom stereocenters. The van der Waals surface area contributed by atoms with E-state index >= 15 is 0 Å². The molecular formula is C15H19Cl2N3O. The number of amidine groups is 1. The first kappa shape index (κ1) is 14.8. The van der Waals surface area contributed by atoms with Crippen molar-refractivity contribution < 1.29 is 4.74 Å². The molecule has 1 aromatic carbocycles. The van der Waals surface area contributed by atoms with Gasteiger partial charge >= 0.3 is 0 Å². The number of hydrazone groups is 1. The van der Waals surface area contributed by atoms with Crippen molar-refractivity contribution in [2.24, 2.45) is 5.10 Å². The molecule has 4 nitrogen and oxygen atoms in total. The maximum Gasteiger partial charge on any atom is 0.140 e. The van der Waals surface area contributed by atoms with Gasteiger partial charge in [0.15, 0.2) is 0 Å². The van der Waals surface area contributed by atoms with Crippen LogP contribution in [0.4, 0.5) is 5.69 Å². The van der Waals surface area contributed by atoms with Crippen LogP contribution in [0.5, 0.6) is 5.75 Å². The first-order chi connectivity index (χ1) is 10.0. The smallest absolute Gasteiger partial charge is 0.140 e. The van der Waals surface area contributed by atoms with Crippen LogP contribution in [0.1, 0.15) is 33.1 Å². The molecule has 0 spiro atoms. The second kappa shape index (κ2) is 5.93. The number of benzene rings is 1. The van der Waals surface area contributed by atoms with Gasteiger partial charge in [-0.1, -0.05) is 23.2 Å². The predicted molar refractivity (Wildman–Crippen MR) is 87.6 cm³/mol. The summed E-state index contributed by atoms with van der Waals surface area (Å²) in [5.41, 5.74) is 0.846. The quantitative estimate of drug-likeness (QED) is 0.825. The summed E-state index contributed by atoms with van der Waals surface area (Å²) in [4.78, 5) is 2.30. The van der Waals surface area contributed by atoms with Crippen molar-refractivity contribution in [3.05, 3.63) is 22.2 Å². The van der Waals surface area contributed by atoms with Gasteiger partial charge < -0.3 is 9.64 Å². The topological polar surface area (TPSA) is 28.1 Å². The van der Waals surface area contributed by atoms with E-state index in [1.165, 1.54) is 12.8 Å². The van der Waals surface area contributed by atoms with Crippen molar-refractivity contribution in [2.45, 2.75) is 39.2 Å². The van der Waals surface area contributed by atoms with Crippen LogP contribution in [0, 0.1) is 0 Å². The number of rotatable bonds is 3. The van der Waals surface area contributed by atoms with Gasteiger partial charge in [0.2, 0.25) is 0 Å². The zero-order valence-electron chi connectivity index (χ0n) is 12.3. The van der Waals surface area contributed by atoms with E-state index in [1.807, 2.05) is 24.9 Å². The zero-order chi connectivity index (χ0) is 15.0. The first-order valence-corrected chi connectivity index (χ1v) is 8.06. The Labute approximate surface area is 135 Å². The van der Waals surface area contributed by atoms with Crippen molar-refractivity contribution in [3.63, 3.8) is 0 Å². The number of fused-ring (bicyclic) bond motifs is 1. The van der Waals surface area contributed by atoms with Crippen molar-refractivity contribution >= 4 is 34.7 Å². The Balaban J connectivity index is 1.90. The van der Waals surface area contributed by atoms with Gasteiger partial charge in [0.05, 0.1) is 21.8 Å². The average molecular weight is 328 g/mol. The van der Waals surface area contributed by atoms with Crippen LogP contribution < -0.4 is 9.75 Å². The Hall–Kier alpha value is -1.13. The summed E-state index contributed by atoms with van der Waals surface area (Å²) < 4.78 is 5.74. The number of anilines is 1. The lowest BCUT2D eigenvalue weighted by atomic mass is 10.1. The second-order valence-electron chi connectivity index (χ2n) is 5.68. The summed E-state index contributed by atoms with van der Waals surface area (Å²) in [5.74, 6) is 1.80. The fraction of sp³-hybridized carbons (Fsp3) is 0.533. The molecule has 0 aliphatic carbocycles. The Morgan fingerprint density at radius 2 is 2.00 bits per heavy atom. The average Bonchev–Trinajstić information content (AvgIpc) is 2.84. The summed E-state index contributed by atoms with van der Waals surface area (Å²) in [5, 5.41) is 7.75. The first-order valence-electron chi connectivity index (χ1n) is 7.30. The molecule has 2 heterocycles. The van der Waals surface area contributed by atoms with E-state index < -0.39 is 0 Å². The zero-order valence-corrected chi connectivity index (χ0v) is 13.8. The highest BCUT2D eigenvalue weighted by molar-refractivity contribution is 6.37. The number of ether oxygens (including phenoxy) is 1. The third-order valence-corrected chi connectivity index (χ3v) is 4.22. The molecule has 0 N–H and O–H groups in total. The van der Waals surface area contributed by atoms with E-state index in [9.17, 15) is 0 Å². The van der Waals surface area contributed by atoms with Gasteiger partial charge in [0.1, 0.15) is 18.3 Å². The summed E-state index contributed by atoms with van der Waals surface area (Å²) in [6.45, 7) is 5.76. The van der Waals surface area contributed by atoms with Crippen LogP contribution >= 0.6 is 23.2 Å². The SMILES string of the molecule is CC(C)Oc1cc(N2CN3CCCCC3=N2)c(Cl)cc1Cl. The summed E-state index contributed by atoms with van der Waals surface area (Å²) in [7, 11) is 0. The largest absolute Gasteiger partial charge is 0.489 e. The maximum absolute atomic E-state index is 6.35. The maximum atomic E-state index is 6.35. The normalized spacial score (nSPS) is 18.0. The van der Waals surface area contributed by atoms with Crippen molar-refractivity contribution in [3.8, 4) is 5.75 Å². The van der Waals surface area contributed by atoms with E-state index in [1.54, 1.807) is 6.07 Å². The van der Waals surface area contributed by atoms with Gasteiger partial charge in [-0.3, -0.25) is 0 Å². The van der Waals surface area contributed by atoms with Crippen LogP contribution in [-0.4, -0.2) is 30.1 Å². The molecule has 6 heteroatoms. The minimum atomic E-state index is 0.0627. The highest BCUT2D eigenvalue weighted by Gasteiger charge is 2.27. The van der Waals surface area contributed by atoms with Crippen LogP contribution in [0.15, 0.2) is 17.2 Å². The van der Waals surface area contributed by atoms with E-state index in [-0.39, 0.29) is 6.10 Å². The molecule has 0 saturated carbocycles. The molecule has 114 valence electrons. The number of hydrogen-bond acceptors (Lipinski definition) is 4. The second-order valence-corrected chi connectivity index (χ2v) is 6.49. The van der Waals surface area contributed by atoms with E-state index in [0.29, 0.717) is 15.8 Å². The van der Waals surface area contributed by atoms with E-state index in [0.717, 1.165) is 31.2 Å². The molecule has 0 bridgehead atoms. The minimum Gasteiger partial charge on any atom is -0.489 e. The highest BCUT2D eigenvalue weighted by Crippen LogP contribution is 2.38. The van der Waals surface area contributed by atoms with Crippen molar-refractivity contribution in [1.29, 1.82) is 0 Å². The van der Waals surface area contributed by atoms with Crippen molar-refractivity contribution in [2.75, 3.05) is 18.2 Å². The number of piperidine rings is 1. The molecule has 2 aliphatic heterocycles. The fourth-order valence-electron chi connectivity index (χ4n) is 2.66. The van der Waals surface area contributed by atoms with Gasteiger partial charge in [-0.25, -0.2) is 5.01 Å². The third-order valence-electron chi connectivity index (χ3n) is 3.63. The molecule has 1 saturated heterocycles. The predicted octanol–water partition coefficient (Wildman–Crippen LogP) is 4.36. The van der Waals surface area contributed by atoms with Gasteiger partial charge in [0.25, 0.3) is 0 Å². The number of halogens is 2. The van der Waals surface area contributed by atoms with Gasteiger partial charge in [-0.2, -0.15) is 5.10 Å². The molecule has 2 aliphatic rings. The van der Waals surface area contributed by atoms with E-state index in [4.69, 9.17) is 27.9 Å². The molecule has 0 radical (unpaired) electrons. The van der Waals surface area contributed by atoms with Gasteiger partial charge in [-0.05, 0) is 32.8 Å². The lowest BCUT2D eigenvalue weighted by molar-refractivity contribution is 0.242. The number of nitrogens with zero attached hydrogens (tertiary/aromatic N) is 3. The Morgan fingerprint density at radius 3 is 2.71 bits per heavy atom. The van der Waals surface area contributed by atoms with Crippen molar-refractivity contribution in [1.82, 2.24) is 4.90 Å². The standard InChI is InChI=1S/C15H19Cl2N3O/c1-10(2)21-14-8-13(11(16)7-12(14)17)20-9-19-6-4-3-5-15(19)18-20/h7-8,10H,3-6,9H2,1-2H3. The fourth-order valence-corrected chi connectivity index (χ4v) is 3.19. The Morgan fingerprint density at radius 1 is 1.19 bits per heavy atom. The van der Waals surface area contributed by atoms with Crippen LogP contribution in [0.25, 0.3) is 0 Å². The number of hydrogen-bond donors (Lipinski definition) is 0. The monoisotopic (exact) mass is 327 g/mol.